The van der Waals surface area contributed by atoms with Gasteiger partial charge in [-0.3, -0.25) is 10.1 Å². The van der Waals surface area contributed by atoms with Gasteiger partial charge in [0.1, 0.15) is 5.54 Å². The Morgan fingerprint density at radius 2 is 2.00 bits per heavy atom. The minimum atomic E-state index is -0.530. The molecule has 5 heteroatoms. The standard InChI is InChI=1S/C16H29NO4/c1-15(2,20-4)9-10-21-13-7-8-16(11-13,14(18)19-3)17-12-5-6-12/h12-13,17H,5-11H2,1-4H3. The second-order valence-electron chi connectivity index (χ2n) is 6.94. The van der Waals surface area contributed by atoms with E-state index in [1.165, 1.54) is 7.11 Å². The first-order valence-electron chi connectivity index (χ1n) is 7.94. The van der Waals surface area contributed by atoms with Crippen LogP contribution in [0.1, 0.15) is 52.4 Å². The zero-order valence-electron chi connectivity index (χ0n) is 13.7. The number of carbonyl (C=O) groups is 1. The summed E-state index contributed by atoms with van der Waals surface area (Å²) in [5.74, 6) is -0.141. The molecule has 122 valence electrons. The van der Waals surface area contributed by atoms with Crippen LogP contribution in [0.3, 0.4) is 0 Å². The van der Waals surface area contributed by atoms with E-state index < -0.39 is 5.54 Å². The second-order valence-corrected chi connectivity index (χ2v) is 6.94. The maximum atomic E-state index is 12.2. The van der Waals surface area contributed by atoms with Crippen LogP contribution in [-0.4, -0.2) is 50.1 Å². The molecule has 0 bridgehead atoms. The van der Waals surface area contributed by atoms with E-state index in [4.69, 9.17) is 14.2 Å². The van der Waals surface area contributed by atoms with Crippen molar-refractivity contribution in [1.29, 1.82) is 0 Å². The highest BCUT2D eigenvalue weighted by Gasteiger charge is 2.49. The summed E-state index contributed by atoms with van der Waals surface area (Å²) in [7, 11) is 3.19. The molecule has 0 aromatic carbocycles. The summed E-state index contributed by atoms with van der Waals surface area (Å²) >= 11 is 0. The second kappa shape index (κ2) is 6.63. The monoisotopic (exact) mass is 299 g/mol. The van der Waals surface area contributed by atoms with Gasteiger partial charge in [0, 0.05) is 26.2 Å². The molecule has 0 amide bonds. The van der Waals surface area contributed by atoms with E-state index in [0.717, 1.165) is 32.1 Å². The highest BCUT2D eigenvalue weighted by atomic mass is 16.5. The first-order valence-corrected chi connectivity index (χ1v) is 7.94. The molecule has 0 heterocycles. The van der Waals surface area contributed by atoms with E-state index in [1.54, 1.807) is 7.11 Å². The van der Waals surface area contributed by atoms with Gasteiger partial charge in [0.05, 0.1) is 18.8 Å². The maximum Gasteiger partial charge on any atom is 0.326 e. The molecule has 5 nitrogen and oxygen atoms in total. The third kappa shape index (κ3) is 4.41. The Kier molecular flexibility index (Phi) is 5.28. The third-order valence-corrected chi connectivity index (χ3v) is 4.71. The molecule has 2 aliphatic carbocycles. The quantitative estimate of drug-likeness (QED) is 0.695. The number of methoxy groups -OCH3 is 2. The van der Waals surface area contributed by atoms with Gasteiger partial charge >= 0.3 is 5.97 Å². The normalized spacial score (nSPS) is 29.6. The Balaban J connectivity index is 1.83. The first-order chi connectivity index (χ1) is 9.91. The predicted octanol–water partition coefficient (Wildman–Crippen LogP) is 2.03. The molecule has 0 aromatic rings. The van der Waals surface area contributed by atoms with Crippen molar-refractivity contribution in [3.8, 4) is 0 Å². The molecule has 0 radical (unpaired) electrons. The van der Waals surface area contributed by atoms with E-state index in [0.29, 0.717) is 19.1 Å². The molecule has 21 heavy (non-hydrogen) atoms. The van der Waals surface area contributed by atoms with E-state index in [-0.39, 0.29) is 17.7 Å². The maximum absolute atomic E-state index is 12.2. The number of esters is 1. The van der Waals surface area contributed by atoms with Gasteiger partial charge < -0.3 is 14.2 Å². The van der Waals surface area contributed by atoms with Gasteiger partial charge in [-0.2, -0.15) is 0 Å². The molecular weight excluding hydrogens is 270 g/mol. The van der Waals surface area contributed by atoms with Crippen LogP contribution in [0.15, 0.2) is 0 Å². The van der Waals surface area contributed by atoms with Crippen molar-refractivity contribution in [2.75, 3.05) is 20.8 Å². The lowest BCUT2D eigenvalue weighted by atomic mass is 9.97. The highest BCUT2D eigenvalue weighted by Crippen LogP contribution is 2.36. The molecule has 0 saturated heterocycles. The molecule has 1 N–H and O–H groups in total. The van der Waals surface area contributed by atoms with Gasteiger partial charge in [-0.25, -0.2) is 0 Å². The van der Waals surface area contributed by atoms with Crippen molar-refractivity contribution in [3.05, 3.63) is 0 Å². The van der Waals surface area contributed by atoms with Crippen molar-refractivity contribution < 1.29 is 19.0 Å². The Morgan fingerprint density at radius 3 is 2.57 bits per heavy atom. The molecule has 0 aliphatic heterocycles. The van der Waals surface area contributed by atoms with E-state index in [2.05, 4.69) is 19.2 Å². The number of nitrogens with one attached hydrogen (secondary N) is 1. The number of hydrogen-bond donors (Lipinski definition) is 1. The summed E-state index contributed by atoms with van der Waals surface area (Å²) < 4.78 is 16.4. The Morgan fingerprint density at radius 1 is 1.29 bits per heavy atom. The van der Waals surface area contributed by atoms with E-state index >= 15 is 0 Å². The summed E-state index contributed by atoms with van der Waals surface area (Å²) in [6.45, 7) is 4.77. The van der Waals surface area contributed by atoms with E-state index in [9.17, 15) is 4.79 Å². The van der Waals surface area contributed by atoms with Crippen LogP contribution in [0, 0.1) is 0 Å². The van der Waals surface area contributed by atoms with Crippen molar-refractivity contribution in [2.45, 2.75) is 75.7 Å². The lowest BCUT2D eigenvalue weighted by Gasteiger charge is -2.28. The molecule has 0 spiro atoms. The van der Waals surface area contributed by atoms with Crippen LogP contribution in [0.5, 0.6) is 0 Å². The fraction of sp³-hybridized carbons (Fsp3) is 0.938. The molecule has 2 unspecified atom stereocenters. The zero-order valence-corrected chi connectivity index (χ0v) is 13.7. The first kappa shape index (κ1) is 16.7. The summed E-state index contributed by atoms with van der Waals surface area (Å²) in [6.07, 6.45) is 5.71. The Hall–Kier alpha value is -0.650. The number of ether oxygens (including phenoxy) is 3. The van der Waals surface area contributed by atoms with Gasteiger partial charge in [-0.05, 0) is 46.0 Å². The van der Waals surface area contributed by atoms with Gasteiger partial charge in [0.25, 0.3) is 0 Å². The van der Waals surface area contributed by atoms with Crippen molar-refractivity contribution in [1.82, 2.24) is 5.32 Å². The molecular formula is C16H29NO4. The summed E-state index contributed by atoms with van der Waals surface area (Å²) in [5, 5.41) is 3.49. The van der Waals surface area contributed by atoms with Gasteiger partial charge in [-0.1, -0.05) is 0 Å². The highest BCUT2D eigenvalue weighted by molar-refractivity contribution is 5.81. The van der Waals surface area contributed by atoms with Crippen LogP contribution in [0.4, 0.5) is 0 Å². The lowest BCUT2D eigenvalue weighted by Crippen LogP contribution is -2.52. The molecule has 2 fully saturated rings. The van der Waals surface area contributed by atoms with Crippen LogP contribution in [0.2, 0.25) is 0 Å². The minimum Gasteiger partial charge on any atom is -0.468 e. The fourth-order valence-electron chi connectivity index (χ4n) is 2.91. The van der Waals surface area contributed by atoms with Crippen LogP contribution in [-0.2, 0) is 19.0 Å². The lowest BCUT2D eigenvalue weighted by molar-refractivity contribution is -0.149. The molecule has 2 aliphatic rings. The zero-order chi connectivity index (χ0) is 15.5. The predicted molar refractivity (Wildman–Crippen MR) is 80.2 cm³/mol. The number of carbonyl (C=O) groups excluding carboxylic acids is 1. The fourth-order valence-corrected chi connectivity index (χ4v) is 2.91. The SMILES string of the molecule is COC(=O)C1(NC2CC2)CCC(OCCC(C)(C)OC)C1. The summed E-state index contributed by atoms with van der Waals surface area (Å²) in [5.41, 5.74) is -0.693. The molecule has 2 saturated carbocycles. The molecule has 0 aromatic heterocycles. The van der Waals surface area contributed by atoms with Crippen LogP contribution >= 0.6 is 0 Å². The Labute approximate surface area is 127 Å². The Bertz CT molecular complexity index is 367. The van der Waals surface area contributed by atoms with Gasteiger partial charge in [-0.15, -0.1) is 0 Å². The average Bonchev–Trinajstić information content (AvgIpc) is 3.17. The largest absolute Gasteiger partial charge is 0.468 e. The average molecular weight is 299 g/mol. The topological polar surface area (TPSA) is 56.8 Å². The van der Waals surface area contributed by atoms with E-state index in [1.807, 2.05) is 0 Å². The van der Waals surface area contributed by atoms with Gasteiger partial charge in [0.2, 0.25) is 0 Å². The molecule has 2 rings (SSSR count). The van der Waals surface area contributed by atoms with Crippen molar-refractivity contribution in [2.24, 2.45) is 0 Å². The summed E-state index contributed by atoms with van der Waals surface area (Å²) in [4.78, 5) is 12.2. The third-order valence-electron chi connectivity index (χ3n) is 4.71. The number of hydrogen-bond acceptors (Lipinski definition) is 5. The summed E-state index contributed by atoms with van der Waals surface area (Å²) in [6, 6.07) is 0.482. The van der Waals surface area contributed by atoms with Crippen molar-refractivity contribution in [3.63, 3.8) is 0 Å². The smallest absolute Gasteiger partial charge is 0.326 e. The van der Waals surface area contributed by atoms with Crippen LogP contribution < -0.4 is 5.32 Å². The van der Waals surface area contributed by atoms with Crippen molar-refractivity contribution >= 4 is 5.97 Å². The minimum absolute atomic E-state index is 0.128. The van der Waals surface area contributed by atoms with Crippen LogP contribution in [0.25, 0.3) is 0 Å². The van der Waals surface area contributed by atoms with Gasteiger partial charge in [0.15, 0.2) is 0 Å². The number of rotatable bonds is 8. The molecule has 2 atom stereocenters.